The number of hydrogen-bond acceptors (Lipinski definition) is 5. The Morgan fingerprint density at radius 1 is 1.83 bits per heavy atom. The number of nitrogens with zero attached hydrogens (tertiary/aromatic N) is 1. The molecule has 0 aromatic carbocycles. The van der Waals surface area contributed by atoms with Gasteiger partial charge in [-0.1, -0.05) is 18.7 Å². The average molecular weight is 204 g/mol. The van der Waals surface area contributed by atoms with Gasteiger partial charge in [0.2, 0.25) is 0 Å². The van der Waals surface area contributed by atoms with E-state index in [2.05, 4.69) is 11.9 Å². The van der Waals surface area contributed by atoms with Crippen molar-refractivity contribution in [2.75, 3.05) is 12.4 Å². The zero-order chi connectivity index (χ0) is 8.97. The molecule has 12 heavy (non-hydrogen) atoms. The van der Waals surface area contributed by atoms with Crippen LogP contribution < -0.4 is 5.73 Å². The summed E-state index contributed by atoms with van der Waals surface area (Å²) in [6.07, 6.45) is 0. The van der Waals surface area contributed by atoms with Gasteiger partial charge in [-0.3, -0.25) is 0 Å². The SMILES string of the molecule is CCSc1nc(C(N)CO)cs1. The lowest BCUT2D eigenvalue weighted by Crippen LogP contribution is -2.14. The number of aliphatic hydroxyl groups is 1. The fourth-order valence-corrected chi connectivity index (χ4v) is 2.52. The minimum Gasteiger partial charge on any atom is -0.394 e. The second-order valence-corrected chi connectivity index (χ2v) is 4.63. The van der Waals surface area contributed by atoms with Gasteiger partial charge in [-0.25, -0.2) is 4.98 Å². The Balaban J connectivity index is 2.63. The zero-order valence-corrected chi connectivity index (χ0v) is 8.49. The number of thioether (sulfide) groups is 1. The molecule has 0 radical (unpaired) electrons. The second-order valence-electron chi connectivity index (χ2n) is 2.26. The van der Waals surface area contributed by atoms with Crippen LogP contribution in [0.1, 0.15) is 18.7 Å². The molecule has 0 saturated heterocycles. The van der Waals surface area contributed by atoms with Gasteiger partial charge >= 0.3 is 0 Å². The van der Waals surface area contributed by atoms with Crippen LogP contribution in [-0.4, -0.2) is 22.5 Å². The Morgan fingerprint density at radius 2 is 2.58 bits per heavy atom. The van der Waals surface area contributed by atoms with Crippen LogP contribution in [0.4, 0.5) is 0 Å². The predicted molar refractivity (Wildman–Crippen MR) is 52.5 cm³/mol. The molecule has 0 bridgehead atoms. The third-order valence-corrected chi connectivity index (χ3v) is 3.27. The molecule has 1 aromatic heterocycles. The van der Waals surface area contributed by atoms with Crippen molar-refractivity contribution in [3.05, 3.63) is 11.1 Å². The molecule has 3 N–H and O–H groups in total. The van der Waals surface area contributed by atoms with Crippen LogP contribution in [0.15, 0.2) is 9.72 Å². The van der Waals surface area contributed by atoms with Crippen LogP contribution >= 0.6 is 23.1 Å². The summed E-state index contributed by atoms with van der Waals surface area (Å²) in [5.41, 5.74) is 6.38. The molecule has 68 valence electrons. The first-order valence-corrected chi connectivity index (χ1v) is 5.59. The van der Waals surface area contributed by atoms with Crippen molar-refractivity contribution >= 4 is 23.1 Å². The molecule has 0 aliphatic rings. The molecule has 0 spiro atoms. The first-order chi connectivity index (χ1) is 5.77. The Kier molecular flexibility index (Phi) is 4.00. The summed E-state index contributed by atoms with van der Waals surface area (Å²) in [4.78, 5) is 4.27. The Morgan fingerprint density at radius 3 is 3.17 bits per heavy atom. The number of rotatable bonds is 4. The molecular weight excluding hydrogens is 192 g/mol. The minimum absolute atomic E-state index is 0.0417. The minimum atomic E-state index is -0.326. The van der Waals surface area contributed by atoms with Gasteiger partial charge in [0.1, 0.15) is 4.34 Å². The lowest BCUT2D eigenvalue weighted by molar-refractivity contribution is 0.266. The molecule has 0 aliphatic heterocycles. The van der Waals surface area contributed by atoms with Crippen molar-refractivity contribution in [1.29, 1.82) is 0 Å². The quantitative estimate of drug-likeness (QED) is 0.725. The maximum Gasteiger partial charge on any atom is 0.150 e. The van der Waals surface area contributed by atoms with Gasteiger partial charge in [0.15, 0.2) is 0 Å². The van der Waals surface area contributed by atoms with E-state index in [-0.39, 0.29) is 12.6 Å². The Bertz CT molecular complexity index is 239. The predicted octanol–water partition coefficient (Wildman–Crippen LogP) is 1.25. The topological polar surface area (TPSA) is 59.1 Å². The van der Waals surface area contributed by atoms with Crippen molar-refractivity contribution in [1.82, 2.24) is 4.98 Å². The molecule has 0 saturated carbocycles. The largest absolute Gasteiger partial charge is 0.394 e. The van der Waals surface area contributed by atoms with Gasteiger partial charge in [-0.15, -0.1) is 11.3 Å². The lowest BCUT2D eigenvalue weighted by Gasteiger charge is -2.01. The highest BCUT2D eigenvalue weighted by Gasteiger charge is 2.08. The number of aromatic nitrogens is 1. The Hall–Kier alpha value is -0.100. The smallest absolute Gasteiger partial charge is 0.150 e. The molecule has 1 heterocycles. The third-order valence-electron chi connectivity index (χ3n) is 1.35. The first kappa shape index (κ1) is 9.98. The van der Waals surface area contributed by atoms with Crippen LogP contribution in [0.5, 0.6) is 0 Å². The molecule has 5 heteroatoms. The summed E-state index contributed by atoms with van der Waals surface area (Å²) in [5, 5.41) is 10.7. The van der Waals surface area contributed by atoms with Crippen LogP contribution in [0.2, 0.25) is 0 Å². The van der Waals surface area contributed by atoms with E-state index in [1.165, 1.54) is 0 Å². The van der Waals surface area contributed by atoms with Gasteiger partial charge in [0.05, 0.1) is 18.3 Å². The number of hydrogen-bond donors (Lipinski definition) is 2. The molecule has 3 nitrogen and oxygen atoms in total. The van der Waals surface area contributed by atoms with Gasteiger partial charge in [0, 0.05) is 5.38 Å². The fraction of sp³-hybridized carbons (Fsp3) is 0.571. The highest BCUT2D eigenvalue weighted by Crippen LogP contribution is 2.24. The average Bonchev–Trinajstić information content (AvgIpc) is 2.52. The van der Waals surface area contributed by atoms with Crippen molar-refractivity contribution < 1.29 is 5.11 Å². The summed E-state index contributed by atoms with van der Waals surface area (Å²) in [5.74, 6) is 1.02. The number of thiazole rings is 1. The maximum absolute atomic E-state index is 8.76. The second kappa shape index (κ2) is 4.81. The van der Waals surface area contributed by atoms with Crippen LogP contribution in [0, 0.1) is 0 Å². The van der Waals surface area contributed by atoms with E-state index in [9.17, 15) is 0 Å². The van der Waals surface area contributed by atoms with E-state index in [1.807, 2.05) is 5.38 Å². The van der Waals surface area contributed by atoms with Crippen LogP contribution in [-0.2, 0) is 0 Å². The molecule has 0 amide bonds. The van der Waals surface area contributed by atoms with E-state index in [0.717, 1.165) is 15.8 Å². The van der Waals surface area contributed by atoms with E-state index < -0.39 is 0 Å². The Labute approximate surface area is 80.0 Å². The van der Waals surface area contributed by atoms with E-state index in [4.69, 9.17) is 10.8 Å². The molecular formula is C7H12N2OS2. The van der Waals surface area contributed by atoms with Crippen molar-refractivity contribution in [2.24, 2.45) is 5.73 Å². The van der Waals surface area contributed by atoms with E-state index >= 15 is 0 Å². The molecule has 1 unspecified atom stereocenters. The molecule has 0 aliphatic carbocycles. The molecule has 0 fully saturated rings. The van der Waals surface area contributed by atoms with E-state index in [1.54, 1.807) is 23.1 Å². The zero-order valence-electron chi connectivity index (χ0n) is 6.86. The summed E-state index contributed by atoms with van der Waals surface area (Å²) < 4.78 is 1.02. The van der Waals surface area contributed by atoms with Crippen LogP contribution in [0.25, 0.3) is 0 Å². The van der Waals surface area contributed by atoms with Crippen molar-refractivity contribution in [2.45, 2.75) is 17.3 Å². The third kappa shape index (κ3) is 2.45. The van der Waals surface area contributed by atoms with Crippen molar-refractivity contribution in [3.63, 3.8) is 0 Å². The molecule has 1 rings (SSSR count). The number of nitrogens with two attached hydrogens (primary N) is 1. The summed E-state index contributed by atoms with van der Waals surface area (Å²) >= 11 is 3.27. The standard InChI is InChI=1S/C7H12N2OS2/c1-2-11-7-9-6(4-12-7)5(8)3-10/h4-5,10H,2-3,8H2,1H3. The normalized spacial score (nSPS) is 13.2. The summed E-state index contributed by atoms with van der Waals surface area (Å²) in [6.45, 7) is 2.04. The first-order valence-electron chi connectivity index (χ1n) is 3.72. The van der Waals surface area contributed by atoms with E-state index in [0.29, 0.717) is 0 Å². The summed E-state index contributed by atoms with van der Waals surface area (Å²) in [7, 11) is 0. The summed E-state index contributed by atoms with van der Waals surface area (Å²) in [6, 6.07) is -0.326. The lowest BCUT2D eigenvalue weighted by atomic mass is 10.3. The van der Waals surface area contributed by atoms with Gasteiger partial charge in [0.25, 0.3) is 0 Å². The number of aliphatic hydroxyl groups excluding tert-OH is 1. The van der Waals surface area contributed by atoms with Gasteiger partial charge in [-0.05, 0) is 5.75 Å². The molecule has 1 aromatic rings. The fourth-order valence-electron chi connectivity index (χ4n) is 0.723. The van der Waals surface area contributed by atoms with Crippen LogP contribution in [0.3, 0.4) is 0 Å². The maximum atomic E-state index is 8.76. The van der Waals surface area contributed by atoms with Gasteiger partial charge < -0.3 is 10.8 Å². The monoisotopic (exact) mass is 204 g/mol. The highest BCUT2D eigenvalue weighted by atomic mass is 32.2. The highest BCUT2D eigenvalue weighted by molar-refractivity contribution is 8.00. The van der Waals surface area contributed by atoms with Crippen molar-refractivity contribution in [3.8, 4) is 0 Å². The van der Waals surface area contributed by atoms with Gasteiger partial charge in [-0.2, -0.15) is 0 Å². The molecule has 1 atom stereocenters.